The first kappa shape index (κ1) is 21.7. The molecular formula is C23H30N6O. The maximum absolute atomic E-state index is 13.2. The Balaban J connectivity index is 1.68. The van der Waals surface area contributed by atoms with E-state index >= 15 is 0 Å². The van der Waals surface area contributed by atoms with Crippen LogP contribution < -0.4 is 9.80 Å². The third kappa shape index (κ3) is 5.14. The number of carbonyl (C=O) groups excluding carboxylic acids is 1. The van der Waals surface area contributed by atoms with Gasteiger partial charge in [0.25, 0.3) is 0 Å². The zero-order valence-corrected chi connectivity index (χ0v) is 18.1. The zero-order chi connectivity index (χ0) is 21.5. The SMILES string of the molecule is Cc1cccc(N(CCC#N)C(=O)CN(C)CC2CCCN2c2cccnn2)c1C. The Bertz CT molecular complexity index is 894. The molecule has 1 saturated heterocycles. The second-order valence-electron chi connectivity index (χ2n) is 7.94. The summed E-state index contributed by atoms with van der Waals surface area (Å²) in [5.74, 6) is 0.913. The number of likely N-dealkylation sites (N-methyl/N-ethyl adjacent to an activating group) is 1. The van der Waals surface area contributed by atoms with Gasteiger partial charge in [-0.2, -0.15) is 10.4 Å². The summed E-state index contributed by atoms with van der Waals surface area (Å²) >= 11 is 0. The van der Waals surface area contributed by atoms with Gasteiger partial charge in [0.15, 0.2) is 5.82 Å². The maximum Gasteiger partial charge on any atom is 0.241 e. The minimum atomic E-state index is 0.0190. The number of aryl methyl sites for hydroxylation is 1. The predicted octanol–water partition coefficient (Wildman–Crippen LogP) is 2.94. The smallest absolute Gasteiger partial charge is 0.241 e. The molecule has 0 radical (unpaired) electrons. The molecule has 2 aromatic rings. The van der Waals surface area contributed by atoms with E-state index in [2.05, 4.69) is 26.1 Å². The van der Waals surface area contributed by atoms with Gasteiger partial charge >= 0.3 is 0 Å². The van der Waals surface area contributed by atoms with Crippen molar-refractivity contribution in [3.8, 4) is 6.07 Å². The molecule has 2 heterocycles. The van der Waals surface area contributed by atoms with Crippen LogP contribution in [0.5, 0.6) is 0 Å². The van der Waals surface area contributed by atoms with Crippen molar-refractivity contribution in [3.63, 3.8) is 0 Å². The Morgan fingerprint density at radius 3 is 2.87 bits per heavy atom. The third-order valence-corrected chi connectivity index (χ3v) is 5.77. The quantitative estimate of drug-likeness (QED) is 0.671. The monoisotopic (exact) mass is 406 g/mol. The molecule has 1 aromatic carbocycles. The molecule has 158 valence electrons. The Morgan fingerprint density at radius 1 is 1.30 bits per heavy atom. The summed E-state index contributed by atoms with van der Waals surface area (Å²) in [4.78, 5) is 19.3. The molecule has 3 rings (SSSR count). The summed E-state index contributed by atoms with van der Waals surface area (Å²) < 4.78 is 0. The molecule has 1 aliphatic rings. The highest BCUT2D eigenvalue weighted by atomic mass is 16.2. The minimum Gasteiger partial charge on any atom is -0.351 e. The van der Waals surface area contributed by atoms with Gasteiger partial charge in [0.2, 0.25) is 5.91 Å². The van der Waals surface area contributed by atoms with Gasteiger partial charge in [0, 0.05) is 37.6 Å². The van der Waals surface area contributed by atoms with Gasteiger partial charge in [-0.1, -0.05) is 12.1 Å². The number of rotatable bonds is 8. The van der Waals surface area contributed by atoms with Crippen molar-refractivity contribution in [1.29, 1.82) is 5.26 Å². The fourth-order valence-corrected chi connectivity index (χ4v) is 4.08. The number of carbonyl (C=O) groups is 1. The summed E-state index contributed by atoms with van der Waals surface area (Å²) in [6.07, 6.45) is 4.18. The van der Waals surface area contributed by atoms with E-state index in [4.69, 9.17) is 5.26 Å². The normalized spacial score (nSPS) is 16.0. The van der Waals surface area contributed by atoms with Crippen LogP contribution in [-0.4, -0.2) is 60.3 Å². The van der Waals surface area contributed by atoms with Crippen molar-refractivity contribution in [2.45, 2.75) is 39.2 Å². The van der Waals surface area contributed by atoms with Crippen LogP contribution >= 0.6 is 0 Å². The number of nitriles is 1. The van der Waals surface area contributed by atoms with E-state index < -0.39 is 0 Å². The number of anilines is 2. The average molecular weight is 407 g/mol. The molecule has 1 aromatic heterocycles. The van der Waals surface area contributed by atoms with Crippen molar-refractivity contribution in [2.24, 2.45) is 0 Å². The number of amides is 1. The Labute approximate surface area is 178 Å². The van der Waals surface area contributed by atoms with Crippen LogP contribution in [0.4, 0.5) is 11.5 Å². The number of hydrogen-bond acceptors (Lipinski definition) is 6. The molecule has 0 aliphatic carbocycles. The van der Waals surface area contributed by atoms with E-state index in [-0.39, 0.29) is 5.91 Å². The molecule has 1 fully saturated rings. The van der Waals surface area contributed by atoms with Crippen LogP contribution in [0, 0.1) is 25.2 Å². The van der Waals surface area contributed by atoms with Crippen LogP contribution in [0.1, 0.15) is 30.4 Å². The van der Waals surface area contributed by atoms with Gasteiger partial charge < -0.3 is 9.80 Å². The lowest BCUT2D eigenvalue weighted by molar-refractivity contribution is -0.119. The molecule has 0 saturated carbocycles. The van der Waals surface area contributed by atoms with Gasteiger partial charge in [-0.3, -0.25) is 9.69 Å². The summed E-state index contributed by atoms with van der Waals surface area (Å²) in [5.41, 5.74) is 3.11. The third-order valence-electron chi connectivity index (χ3n) is 5.77. The molecule has 0 N–H and O–H groups in total. The Morgan fingerprint density at radius 2 is 2.13 bits per heavy atom. The first-order valence-corrected chi connectivity index (χ1v) is 10.5. The van der Waals surface area contributed by atoms with Crippen LogP contribution in [-0.2, 0) is 4.79 Å². The molecule has 1 atom stereocenters. The van der Waals surface area contributed by atoms with Crippen molar-refractivity contribution >= 4 is 17.4 Å². The highest BCUT2D eigenvalue weighted by Gasteiger charge is 2.28. The second kappa shape index (κ2) is 10.2. The molecule has 7 nitrogen and oxygen atoms in total. The van der Waals surface area contributed by atoms with E-state index in [1.54, 1.807) is 11.1 Å². The van der Waals surface area contributed by atoms with Gasteiger partial charge in [0.05, 0.1) is 19.0 Å². The first-order chi connectivity index (χ1) is 14.5. The fraction of sp³-hybridized carbons (Fsp3) is 0.478. The first-order valence-electron chi connectivity index (χ1n) is 10.5. The topological polar surface area (TPSA) is 76.4 Å². The highest BCUT2D eigenvalue weighted by molar-refractivity contribution is 5.95. The molecule has 30 heavy (non-hydrogen) atoms. The number of benzene rings is 1. The molecular weight excluding hydrogens is 376 g/mol. The molecule has 7 heteroatoms. The highest BCUT2D eigenvalue weighted by Crippen LogP contribution is 2.25. The van der Waals surface area contributed by atoms with E-state index in [1.807, 2.05) is 51.2 Å². The maximum atomic E-state index is 13.2. The van der Waals surface area contributed by atoms with Crippen molar-refractivity contribution < 1.29 is 4.79 Å². The molecule has 1 amide bonds. The van der Waals surface area contributed by atoms with Crippen molar-refractivity contribution in [1.82, 2.24) is 15.1 Å². The molecule has 0 spiro atoms. The Kier molecular flexibility index (Phi) is 7.36. The lowest BCUT2D eigenvalue weighted by Gasteiger charge is -2.31. The van der Waals surface area contributed by atoms with E-state index in [1.165, 1.54) is 0 Å². The van der Waals surface area contributed by atoms with E-state index in [9.17, 15) is 4.79 Å². The molecule has 0 bridgehead atoms. The summed E-state index contributed by atoms with van der Waals surface area (Å²) in [7, 11) is 1.98. The lowest BCUT2D eigenvalue weighted by atomic mass is 10.1. The van der Waals surface area contributed by atoms with Crippen LogP contribution in [0.2, 0.25) is 0 Å². The van der Waals surface area contributed by atoms with Crippen molar-refractivity contribution in [2.75, 3.05) is 43.0 Å². The van der Waals surface area contributed by atoms with Crippen molar-refractivity contribution in [3.05, 3.63) is 47.7 Å². The minimum absolute atomic E-state index is 0.0190. The summed E-state index contributed by atoms with van der Waals surface area (Å²) in [6.45, 7) is 6.52. The van der Waals surface area contributed by atoms with Gasteiger partial charge in [-0.15, -0.1) is 5.10 Å². The zero-order valence-electron chi connectivity index (χ0n) is 18.1. The van der Waals surface area contributed by atoms with Gasteiger partial charge in [-0.05, 0) is 63.1 Å². The number of hydrogen-bond donors (Lipinski definition) is 0. The van der Waals surface area contributed by atoms with Crippen LogP contribution in [0.15, 0.2) is 36.5 Å². The number of nitrogens with zero attached hydrogens (tertiary/aromatic N) is 6. The lowest BCUT2D eigenvalue weighted by Crippen LogP contribution is -2.45. The van der Waals surface area contributed by atoms with E-state index in [0.717, 1.165) is 48.6 Å². The largest absolute Gasteiger partial charge is 0.351 e. The fourth-order valence-electron chi connectivity index (χ4n) is 4.08. The molecule has 1 aliphatic heterocycles. The van der Waals surface area contributed by atoms with Crippen LogP contribution in [0.25, 0.3) is 0 Å². The van der Waals surface area contributed by atoms with Gasteiger partial charge in [-0.25, -0.2) is 0 Å². The standard InChI is InChI=1S/C23H30N6O/c1-18-8-4-10-21(19(18)2)29(15-7-12-24)23(30)17-27(3)16-20-9-6-14-28(20)22-11-5-13-25-26-22/h4-5,8,10-11,13,20H,6-7,9,14-17H2,1-3H3. The van der Waals surface area contributed by atoms with Crippen LogP contribution in [0.3, 0.4) is 0 Å². The average Bonchev–Trinajstić information content (AvgIpc) is 3.19. The predicted molar refractivity (Wildman–Crippen MR) is 118 cm³/mol. The second-order valence-corrected chi connectivity index (χ2v) is 7.94. The van der Waals surface area contributed by atoms with E-state index in [0.29, 0.717) is 25.6 Å². The van der Waals surface area contributed by atoms with Gasteiger partial charge in [0.1, 0.15) is 0 Å². The molecule has 1 unspecified atom stereocenters. The number of aromatic nitrogens is 2. The Hall–Kier alpha value is -2.98. The summed E-state index contributed by atoms with van der Waals surface area (Å²) in [5, 5.41) is 17.3. The summed E-state index contributed by atoms with van der Waals surface area (Å²) in [6, 6.07) is 12.3.